The van der Waals surface area contributed by atoms with Gasteiger partial charge in [-0.05, 0) is 134 Å². The Kier molecular flexibility index (Phi) is 56.6. The van der Waals surface area contributed by atoms with Gasteiger partial charge in [0.15, 0.2) is 0 Å². The predicted molar refractivity (Wildman–Crippen MR) is 355 cm³/mol. The number of nitrogens with one attached hydrogen (secondary N) is 1. The Morgan fingerprint density at radius 3 is 1.18 bits per heavy atom. The van der Waals surface area contributed by atoms with Gasteiger partial charge in [-0.3, -0.25) is 18.6 Å². The van der Waals surface area contributed by atoms with Gasteiger partial charge in [0.25, 0.3) is 0 Å². The van der Waals surface area contributed by atoms with Crippen molar-refractivity contribution in [2.24, 2.45) is 0 Å². The van der Waals surface area contributed by atoms with Gasteiger partial charge < -0.3 is 19.4 Å². The lowest BCUT2D eigenvalue weighted by molar-refractivity contribution is -0.870. The Hall–Kier alpha value is -4.37. The molecular formula is C72H120N2O7P+. The van der Waals surface area contributed by atoms with Crippen LogP contribution in [0.15, 0.2) is 158 Å². The van der Waals surface area contributed by atoms with Gasteiger partial charge in [-0.2, -0.15) is 0 Å². The van der Waals surface area contributed by atoms with Crippen LogP contribution >= 0.6 is 7.82 Å². The molecule has 9 nitrogen and oxygen atoms in total. The molecular weight excluding hydrogens is 1040 g/mol. The minimum absolute atomic E-state index is 0.0175. The second kappa shape index (κ2) is 59.8. The van der Waals surface area contributed by atoms with E-state index in [4.69, 9.17) is 13.8 Å². The Morgan fingerprint density at radius 2 is 0.780 bits per heavy atom. The van der Waals surface area contributed by atoms with Gasteiger partial charge in [0, 0.05) is 12.8 Å². The van der Waals surface area contributed by atoms with Crippen molar-refractivity contribution in [1.82, 2.24) is 5.32 Å². The minimum atomic E-state index is -4.48. The fourth-order valence-electron chi connectivity index (χ4n) is 8.30. The highest BCUT2D eigenvalue weighted by Gasteiger charge is 2.30. The normalized spacial score (nSPS) is 14.7. The first-order valence-electron chi connectivity index (χ1n) is 32.3. The first kappa shape index (κ1) is 77.6. The summed E-state index contributed by atoms with van der Waals surface area (Å²) in [7, 11) is 1.42. The molecule has 0 aliphatic rings. The standard InChI is InChI=1S/C72H119N2O7P/c1-7-10-13-16-19-22-25-28-30-32-34-36-37-39-41-43-45-47-50-53-56-59-62-65-72(76)81-70(63-60-57-54-51-48-27-24-21-18-15-12-9-3)69(68-80-82(77,78)79-67-66-74(4,5)6)73-71(75)64-61-58-55-52-49-46-44-42-40-38-35-33-31-29-26-23-20-17-14-11-8-2/h10-11,13-14,19-20,22-23,28-31,34-36,38-39,41-42,44-45,47,49,52,60,63,69-70H,7-9,12,15-18,21,24-27,32-33,37,40,43,46,48,50-51,53-59,61-62,64-68H2,1-6H3,(H-,73,75,77,78)/p+1/b13-10-,14-11-,22-19-,23-20-,30-28-,31-29-,36-34-,38-35-,41-39-,44-42-,47-45-,52-49-,63-60+. The second-order valence-corrected chi connectivity index (χ2v) is 23.6. The summed E-state index contributed by atoms with van der Waals surface area (Å²) in [5.74, 6) is -0.598. The molecule has 0 spiro atoms. The molecule has 0 aromatic carbocycles. The van der Waals surface area contributed by atoms with Crippen molar-refractivity contribution in [1.29, 1.82) is 0 Å². The van der Waals surface area contributed by atoms with Crippen LogP contribution in [-0.2, 0) is 27.9 Å². The molecule has 0 aromatic rings. The molecule has 0 bridgehead atoms. The smallest absolute Gasteiger partial charge is 0.456 e. The van der Waals surface area contributed by atoms with E-state index in [0.29, 0.717) is 23.9 Å². The lowest BCUT2D eigenvalue weighted by Crippen LogP contribution is -2.47. The van der Waals surface area contributed by atoms with Gasteiger partial charge in [0.2, 0.25) is 5.91 Å². The molecule has 10 heteroatoms. The zero-order valence-corrected chi connectivity index (χ0v) is 53.8. The van der Waals surface area contributed by atoms with Gasteiger partial charge in [-0.25, -0.2) is 4.57 Å². The first-order chi connectivity index (χ1) is 39.9. The van der Waals surface area contributed by atoms with E-state index >= 15 is 0 Å². The molecule has 82 heavy (non-hydrogen) atoms. The van der Waals surface area contributed by atoms with Crippen molar-refractivity contribution in [3.63, 3.8) is 0 Å². The quantitative estimate of drug-likeness (QED) is 0.0205. The number of phosphoric ester groups is 1. The van der Waals surface area contributed by atoms with Crippen molar-refractivity contribution in [2.75, 3.05) is 40.9 Å². The number of phosphoric acid groups is 1. The molecule has 3 atom stereocenters. The zero-order chi connectivity index (χ0) is 60.0. The number of nitrogens with zero attached hydrogens (tertiary/aromatic N) is 1. The number of quaternary nitrogens is 1. The minimum Gasteiger partial charge on any atom is -0.456 e. The topological polar surface area (TPSA) is 111 Å². The van der Waals surface area contributed by atoms with Crippen molar-refractivity contribution in [2.45, 2.75) is 245 Å². The van der Waals surface area contributed by atoms with Gasteiger partial charge in [-0.15, -0.1) is 0 Å². The number of hydrogen-bond acceptors (Lipinski definition) is 6. The SMILES string of the molecule is CC/C=C\C/C=C\C/C=C\C/C=C\C/C=C\C/C=C\CCCCCCC(=O)OC(/C=C/CCCCCCCCCCCC)C(COP(=O)(O)OCC[N+](C)(C)C)NC(=O)CCCC/C=C\C/C=C\C/C=C\C/C=C\C/C=C\C/C=C\CC. The summed E-state index contributed by atoms with van der Waals surface area (Å²) in [5.41, 5.74) is 0. The molecule has 0 fully saturated rings. The number of amides is 1. The third-order valence-electron chi connectivity index (χ3n) is 13.2. The zero-order valence-electron chi connectivity index (χ0n) is 52.9. The third-order valence-corrected chi connectivity index (χ3v) is 14.2. The number of unbranched alkanes of at least 4 members (excludes halogenated alkanes) is 16. The molecule has 0 saturated carbocycles. The maximum absolute atomic E-state index is 13.6. The van der Waals surface area contributed by atoms with Crippen molar-refractivity contribution < 1.29 is 37.3 Å². The van der Waals surface area contributed by atoms with E-state index < -0.39 is 20.0 Å². The number of esters is 1. The van der Waals surface area contributed by atoms with Gasteiger partial charge in [0.1, 0.15) is 19.3 Å². The Morgan fingerprint density at radius 1 is 0.439 bits per heavy atom. The fourth-order valence-corrected chi connectivity index (χ4v) is 9.03. The predicted octanol–water partition coefficient (Wildman–Crippen LogP) is 20.4. The lowest BCUT2D eigenvalue weighted by atomic mass is 10.1. The number of hydrogen-bond donors (Lipinski definition) is 2. The second-order valence-electron chi connectivity index (χ2n) is 22.2. The number of rotatable bonds is 56. The van der Waals surface area contributed by atoms with Gasteiger partial charge in [0.05, 0.1) is 33.8 Å². The Bertz CT molecular complexity index is 1960. The van der Waals surface area contributed by atoms with Crippen LogP contribution in [0, 0.1) is 0 Å². The van der Waals surface area contributed by atoms with Crippen molar-refractivity contribution in [3.8, 4) is 0 Å². The van der Waals surface area contributed by atoms with Crippen LogP contribution in [0.5, 0.6) is 0 Å². The highest BCUT2D eigenvalue weighted by atomic mass is 31.2. The molecule has 0 aromatic heterocycles. The molecule has 0 radical (unpaired) electrons. The number of ether oxygens (including phenoxy) is 1. The highest BCUT2D eigenvalue weighted by molar-refractivity contribution is 7.47. The number of carbonyl (C=O) groups excluding carboxylic acids is 2. The average molecular weight is 1160 g/mol. The molecule has 1 amide bonds. The summed E-state index contributed by atoms with van der Waals surface area (Å²) in [4.78, 5) is 37.8. The Labute approximate surface area is 503 Å². The highest BCUT2D eigenvalue weighted by Crippen LogP contribution is 2.43. The van der Waals surface area contributed by atoms with E-state index in [1.54, 1.807) is 0 Å². The molecule has 0 aliphatic carbocycles. The number of carbonyl (C=O) groups is 2. The lowest BCUT2D eigenvalue weighted by Gasteiger charge is -2.27. The largest absolute Gasteiger partial charge is 0.472 e. The van der Waals surface area contributed by atoms with Crippen LogP contribution in [0.4, 0.5) is 0 Å². The maximum atomic E-state index is 13.6. The van der Waals surface area contributed by atoms with Gasteiger partial charge in [-0.1, -0.05) is 243 Å². The summed E-state index contributed by atoms with van der Waals surface area (Å²) in [6, 6.07) is -0.896. The summed E-state index contributed by atoms with van der Waals surface area (Å²) >= 11 is 0. The van der Waals surface area contributed by atoms with Crippen LogP contribution in [-0.4, -0.2) is 74.3 Å². The van der Waals surface area contributed by atoms with Crippen LogP contribution in [0.2, 0.25) is 0 Å². The van der Waals surface area contributed by atoms with E-state index in [-0.39, 0.29) is 37.9 Å². The van der Waals surface area contributed by atoms with E-state index in [0.717, 1.165) is 135 Å². The Balaban J connectivity index is 5.36. The van der Waals surface area contributed by atoms with Crippen molar-refractivity contribution >= 4 is 19.7 Å². The molecule has 0 heterocycles. The van der Waals surface area contributed by atoms with E-state index in [2.05, 4.69) is 172 Å². The van der Waals surface area contributed by atoms with Gasteiger partial charge >= 0.3 is 13.8 Å². The molecule has 0 saturated heterocycles. The van der Waals surface area contributed by atoms with Crippen LogP contribution in [0.25, 0.3) is 0 Å². The number of likely N-dealkylation sites (N-methyl/N-ethyl adjacent to an activating group) is 1. The average Bonchev–Trinajstić information content (AvgIpc) is 3.44. The third kappa shape index (κ3) is 60.2. The summed E-state index contributed by atoms with van der Waals surface area (Å²) in [6.45, 7) is 6.71. The first-order valence-corrected chi connectivity index (χ1v) is 33.8. The molecule has 464 valence electrons. The summed E-state index contributed by atoms with van der Waals surface area (Å²) in [6.07, 6.45) is 88.2. The molecule has 3 unspecified atom stereocenters. The molecule has 0 aliphatic heterocycles. The van der Waals surface area contributed by atoms with E-state index in [9.17, 15) is 19.0 Å². The fraction of sp³-hybridized carbons (Fsp3) is 0.611. The van der Waals surface area contributed by atoms with E-state index in [1.807, 2.05) is 33.3 Å². The summed E-state index contributed by atoms with van der Waals surface area (Å²) < 4.78 is 30.7. The van der Waals surface area contributed by atoms with Crippen LogP contribution < -0.4 is 5.32 Å². The number of allylic oxidation sites excluding steroid dienone is 25. The van der Waals surface area contributed by atoms with Crippen molar-refractivity contribution in [3.05, 3.63) is 158 Å². The maximum Gasteiger partial charge on any atom is 0.472 e. The summed E-state index contributed by atoms with van der Waals surface area (Å²) in [5, 5.41) is 3.02. The molecule has 2 N–H and O–H groups in total. The van der Waals surface area contributed by atoms with Crippen LogP contribution in [0.1, 0.15) is 233 Å². The monoisotopic (exact) mass is 1160 g/mol. The molecule has 0 rings (SSSR count). The van der Waals surface area contributed by atoms with E-state index in [1.165, 1.54) is 51.4 Å². The van der Waals surface area contributed by atoms with Crippen LogP contribution in [0.3, 0.4) is 0 Å².